The van der Waals surface area contributed by atoms with Gasteiger partial charge in [-0.25, -0.2) is 4.98 Å². The van der Waals surface area contributed by atoms with Crippen LogP contribution in [0.3, 0.4) is 0 Å². The lowest BCUT2D eigenvalue weighted by atomic mass is 10.1. The van der Waals surface area contributed by atoms with Crippen LogP contribution in [0, 0.1) is 0 Å². The summed E-state index contributed by atoms with van der Waals surface area (Å²) in [5, 5.41) is 26.4. The van der Waals surface area contributed by atoms with Gasteiger partial charge in [0.15, 0.2) is 0 Å². The Bertz CT molecular complexity index is 570. The average Bonchev–Trinajstić information content (AvgIpc) is 3.00. The van der Waals surface area contributed by atoms with E-state index in [1.54, 1.807) is 17.7 Å². The number of unbranched alkanes of at least 4 members (excludes halogenated alkanes) is 7. The summed E-state index contributed by atoms with van der Waals surface area (Å²) in [6, 6.07) is -0.731. The molecule has 0 spiro atoms. The van der Waals surface area contributed by atoms with E-state index in [1.807, 2.05) is 0 Å². The molecule has 2 unspecified atom stereocenters. The smallest absolute Gasteiger partial charge is 0.323 e. The summed E-state index contributed by atoms with van der Waals surface area (Å²) < 4.78 is 1.64. The normalized spacial score (nSPS) is 12.8. The zero-order valence-electron chi connectivity index (χ0n) is 17.4. The van der Waals surface area contributed by atoms with Crippen molar-refractivity contribution < 1.29 is 24.9 Å². The lowest BCUT2D eigenvalue weighted by Crippen LogP contribution is -2.25. The molecule has 0 fully saturated rings. The minimum absolute atomic E-state index is 0.0912. The quantitative estimate of drug-likeness (QED) is 0.374. The molecular formula is C20H37N3O5. The molecule has 0 saturated heterocycles. The molecule has 1 rings (SSSR count). The number of rotatable bonds is 13. The third-order valence-corrected chi connectivity index (χ3v) is 4.25. The molecule has 0 amide bonds. The number of carboxylic acid groups (broad SMARTS) is 2. The van der Waals surface area contributed by atoms with Crippen LogP contribution < -0.4 is 5.73 Å². The van der Waals surface area contributed by atoms with E-state index < -0.39 is 24.1 Å². The Hall–Kier alpha value is -1.93. The second kappa shape index (κ2) is 15.0. The molecule has 0 aromatic carbocycles. The largest absolute Gasteiger partial charge is 0.480 e. The third-order valence-electron chi connectivity index (χ3n) is 4.25. The Labute approximate surface area is 167 Å². The van der Waals surface area contributed by atoms with Gasteiger partial charge in [0.1, 0.15) is 18.4 Å². The van der Waals surface area contributed by atoms with Crippen molar-refractivity contribution in [1.82, 2.24) is 9.55 Å². The van der Waals surface area contributed by atoms with Gasteiger partial charge in [0.25, 0.3) is 0 Å². The number of imidazole rings is 1. The van der Waals surface area contributed by atoms with Gasteiger partial charge >= 0.3 is 11.9 Å². The number of hydrogen-bond donors (Lipinski definition) is 4. The van der Waals surface area contributed by atoms with Gasteiger partial charge in [0, 0.05) is 12.6 Å². The van der Waals surface area contributed by atoms with E-state index >= 15 is 0 Å². The average molecular weight is 400 g/mol. The van der Waals surface area contributed by atoms with Gasteiger partial charge in [-0.05, 0) is 20.3 Å². The summed E-state index contributed by atoms with van der Waals surface area (Å²) in [6.45, 7) is 5.20. The lowest BCUT2D eigenvalue weighted by molar-refractivity contribution is -0.138. The molecule has 0 radical (unpaired) electrons. The van der Waals surface area contributed by atoms with Crippen molar-refractivity contribution in [2.75, 3.05) is 0 Å². The van der Waals surface area contributed by atoms with E-state index in [4.69, 9.17) is 15.9 Å². The van der Waals surface area contributed by atoms with Crippen molar-refractivity contribution >= 4 is 11.9 Å². The van der Waals surface area contributed by atoms with Gasteiger partial charge in [0.05, 0.1) is 11.8 Å². The number of aliphatic hydroxyl groups excluding tert-OH is 1. The van der Waals surface area contributed by atoms with Crippen molar-refractivity contribution in [3.8, 4) is 0 Å². The van der Waals surface area contributed by atoms with Crippen LogP contribution in [0.25, 0.3) is 0 Å². The van der Waals surface area contributed by atoms with Crippen LogP contribution in [0.5, 0.6) is 0 Å². The molecule has 8 nitrogen and oxygen atoms in total. The summed E-state index contributed by atoms with van der Waals surface area (Å²) >= 11 is 0. The second-order valence-corrected chi connectivity index (χ2v) is 7.13. The van der Waals surface area contributed by atoms with Gasteiger partial charge in [-0.1, -0.05) is 51.9 Å². The molecule has 8 heteroatoms. The highest BCUT2D eigenvalue weighted by Crippen LogP contribution is 2.15. The number of aryl methyl sites for hydroxylation is 1. The molecule has 162 valence electrons. The molecular weight excluding hydrogens is 362 g/mol. The van der Waals surface area contributed by atoms with E-state index in [1.165, 1.54) is 45.4 Å². The molecule has 28 heavy (non-hydrogen) atoms. The van der Waals surface area contributed by atoms with Crippen LogP contribution in [0.4, 0.5) is 0 Å². The predicted molar refractivity (Wildman–Crippen MR) is 108 cm³/mol. The minimum Gasteiger partial charge on any atom is -0.480 e. The Morgan fingerprint density at radius 1 is 1.07 bits per heavy atom. The highest BCUT2D eigenvalue weighted by Gasteiger charge is 2.13. The molecule has 1 aromatic heterocycles. The number of carbonyl (C=O) groups is 2. The predicted octanol–water partition coefficient (Wildman–Crippen LogP) is 3.12. The first kappa shape index (κ1) is 26.1. The fourth-order valence-corrected chi connectivity index (χ4v) is 2.58. The lowest BCUT2D eigenvalue weighted by Gasteiger charge is -2.05. The van der Waals surface area contributed by atoms with Crippen molar-refractivity contribution in [2.45, 2.75) is 97.2 Å². The number of aliphatic carboxylic acids is 2. The molecule has 0 aliphatic heterocycles. The highest BCUT2D eigenvalue weighted by atomic mass is 16.4. The van der Waals surface area contributed by atoms with Crippen molar-refractivity contribution in [3.63, 3.8) is 0 Å². The third kappa shape index (κ3) is 12.5. The van der Waals surface area contributed by atoms with E-state index in [2.05, 4.69) is 11.9 Å². The summed E-state index contributed by atoms with van der Waals surface area (Å²) in [7, 11) is 0. The highest BCUT2D eigenvalue weighted by molar-refractivity contribution is 5.72. The maximum Gasteiger partial charge on any atom is 0.323 e. The fraction of sp³-hybridized carbons (Fsp3) is 0.750. The number of aromatic nitrogens is 2. The minimum atomic E-state index is -0.963. The van der Waals surface area contributed by atoms with Gasteiger partial charge in [0.2, 0.25) is 0 Å². The summed E-state index contributed by atoms with van der Waals surface area (Å²) in [5.41, 5.74) is 5.39. The van der Waals surface area contributed by atoms with Crippen molar-refractivity contribution in [1.29, 1.82) is 0 Å². The van der Waals surface area contributed by atoms with Crippen LogP contribution in [-0.4, -0.2) is 42.9 Å². The van der Waals surface area contributed by atoms with Crippen LogP contribution in [-0.2, 0) is 22.6 Å². The van der Waals surface area contributed by atoms with Crippen LogP contribution >= 0.6 is 0 Å². The maximum atomic E-state index is 10.9. The monoisotopic (exact) mass is 399 g/mol. The van der Waals surface area contributed by atoms with Gasteiger partial charge in [-0.15, -0.1) is 0 Å². The van der Waals surface area contributed by atoms with Crippen molar-refractivity contribution in [2.24, 2.45) is 5.73 Å². The summed E-state index contributed by atoms with van der Waals surface area (Å²) in [5.74, 6) is -1.08. The van der Waals surface area contributed by atoms with Gasteiger partial charge < -0.3 is 25.6 Å². The first-order chi connectivity index (χ1) is 13.2. The molecule has 1 aromatic rings. The first-order valence-electron chi connectivity index (χ1n) is 10.1. The summed E-state index contributed by atoms with van der Waals surface area (Å²) in [4.78, 5) is 24.8. The van der Waals surface area contributed by atoms with Crippen LogP contribution in [0.1, 0.15) is 89.8 Å². The molecule has 0 saturated carbocycles. The first-order valence-corrected chi connectivity index (χ1v) is 10.1. The van der Waals surface area contributed by atoms with Crippen LogP contribution in [0.2, 0.25) is 0 Å². The Morgan fingerprint density at radius 3 is 2.00 bits per heavy atom. The number of carboxylic acids is 2. The standard InChI is InChI=1S/C17H30N2O3.C3H7NO2/c1-3-4-5-6-7-8-9-10-11-16-18-15(14(2)20)12-19(16)13-17(21)22;1-2(4)3(5)6/h12,14,20H,3-11,13H2,1-2H3,(H,21,22);2H,4H2,1H3,(H,5,6). The van der Waals surface area contributed by atoms with Gasteiger partial charge in [-0.3, -0.25) is 9.59 Å². The second-order valence-electron chi connectivity index (χ2n) is 7.13. The van der Waals surface area contributed by atoms with E-state index in [-0.39, 0.29) is 6.54 Å². The van der Waals surface area contributed by atoms with Gasteiger partial charge in [-0.2, -0.15) is 0 Å². The number of nitrogens with zero attached hydrogens (tertiary/aromatic N) is 2. The molecule has 2 atom stereocenters. The molecule has 0 bridgehead atoms. The zero-order valence-corrected chi connectivity index (χ0v) is 17.4. The Morgan fingerprint density at radius 2 is 1.57 bits per heavy atom. The van der Waals surface area contributed by atoms with Crippen molar-refractivity contribution in [3.05, 3.63) is 17.7 Å². The zero-order chi connectivity index (χ0) is 21.5. The van der Waals surface area contributed by atoms with E-state index in [0.717, 1.165) is 25.1 Å². The van der Waals surface area contributed by atoms with E-state index in [0.29, 0.717) is 5.69 Å². The molecule has 1 heterocycles. The fourth-order valence-electron chi connectivity index (χ4n) is 2.58. The van der Waals surface area contributed by atoms with E-state index in [9.17, 15) is 14.7 Å². The topological polar surface area (TPSA) is 139 Å². The number of aliphatic hydroxyl groups is 1. The summed E-state index contributed by atoms with van der Waals surface area (Å²) in [6.07, 6.45) is 11.7. The molecule has 0 aliphatic rings. The number of hydrogen-bond acceptors (Lipinski definition) is 5. The van der Waals surface area contributed by atoms with Crippen LogP contribution in [0.15, 0.2) is 6.20 Å². The number of nitrogens with two attached hydrogens (primary N) is 1. The SMILES string of the molecule is CC(N)C(=O)O.CCCCCCCCCCc1nc(C(C)O)cn1CC(=O)O. The molecule has 0 aliphatic carbocycles. The molecule has 5 N–H and O–H groups in total. The maximum absolute atomic E-state index is 10.9. The Kier molecular flexibility index (Phi) is 14.0. The Balaban J connectivity index is 0.00000105.